The third-order valence-corrected chi connectivity index (χ3v) is 6.30. The summed E-state index contributed by atoms with van der Waals surface area (Å²) in [5.74, 6) is 0. The van der Waals surface area contributed by atoms with Crippen molar-refractivity contribution in [2.45, 2.75) is 32.5 Å². The van der Waals surface area contributed by atoms with Gasteiger partial charge in [-0.1, -0.05) is 6.07 Å². The van der Waals surface area contributed by atoms with Crippen LogP contribution in [0.4, 0.5) is 11.4 Å². The van der Waals surface area contributed by atoms with Crippen molar-refractivity contribution in [3.05, 3.63) is 77.9 Å². The first-order valence-electron chi connectivity index (χ1n) is 10.0. The summed E-state index contributed by atoms with van der Waals surface area (Å²) in [5.41, 5.74) is 4.30. The third-order valence-electron chi connectivity index (χ3n) is 5.39. The monoisotopic (exact) mass is 455 g/mol. The molecule has 2 aromatic heterocycles. The van der Waals surface area contributed by atoms with Crippen molar-refractivity contribution in [2.75, 3.05) is 15.9 Å². The van der Waals surface area contributed by atoms with Crippen molar-refractivity contribution in [2.24, 2.45) is 0 Å². The number of sulfonamides is 1. The summed E-state index contributed by atoms with van der Waals surface area (Å²) < 4.78 is 28.1. The quantitative estimate of drug-likeness (QED) is 0.551. The van der Waals surface area contributed by atoms with E-state index in [1.54, 1.807) is 12.3 Å². The molecule has 1 saturated heterocycles. The minimum absolute atomic E-state index is 0.106. The number of hydrogen-bond donors (Lipinski definition) is 2. The third kappa shape index (κ3) is 4.28. The minimum Gasteiger partial charge on any atom is -0.351 e. The number of benzene rings is 1. The highest BCUT2D eigenvalue weighted by molar-refractivity contribution is 7.92. The van der Waals surface area contributed by atoms with Crippen molar-refractivity contribution in [1.29, 1.82) is 0 Å². The molecule has 0 radical (unpaired) electrons. The largest absolute Gasteiger partial charge is 0.351 e. The summed E-state index contributed by atoms with van der Waals surface area (Å²) in [5, 5.41) is 4.06. The van der Waals surface area contributed by atoms with Gasteiger partial charge in [0.25, 0.3) is 0 Å². The predicted octanol–water partition coefficient (Wildman–Crippen LogP) is 3.76. The number of aryl methyl sites for hydroxylation is 2. The van der Waals surface area contributed by atoms with E-state index in [0.29, 0.717) is 10.8 Å². The summed E-state index contributed by atoms with van der Waals surface area (Å²) in [4.78, 5) is 6.67. The number of rotatable bonds is 6. The van der Waals surface area contributed by atoms with E-state index in [1.807, 2.05) is 43.3 Å². The number of pyridine rings is 1. The Morgan fingerprint density at radius 2 is 2.00 bits per heavy atom. The normalized spacial score (nSPS) is 18.8. The van der Waals surface area contributed by atoms with Crippen LogP contribution in [0.5, 0.6) is 0 Å². The highest BCUT2D eigenvalue weighted by atomic mass is 32.2. The van der Waals surface area contributed by atoms with Gasteiger partial charge in [-0.2, -0.15) is 0 Å². The lowest BCUT2D eigenvalue weighted by Gasteiger charge is -2.29. The molecule has 162 valence electrons. The van der Waals surface area contributed by atoms with E-state index in [9.17, 15) is 8.42 Å². The Balaban J connectivity index is 1.80. The molecule has 1 fully saturated rings. The minimum atomic E-state index is -3.36. The van der Waals surface area contributed by atoms with Crippen LogP contribution in [-0.4, -0.2) is 29.3 Å². The second kappa shape index (κ2) is 8.32. The molecule has 1 aromatic carbocycles. The summed E-state index contributed by atoms with van der Waals surface area (Å²) in [7, 11) is -3.36. The molecule has 3 aromatic rings. The van der Waals surface area contributed by atoms with Gasteiger partial charge in [-0.25, -0.2) is 8.42 Å². The molecule has 2 unspecified atom stereocenters. The van der Waals surface area contributed by atoms with Gasteiger partial charge in [0.2, 0.25) is 10.0 Å². The second-order valence-corrected chi connectivity index (χ2v) is 9.72. The lowest BCUT2D eigenvalue weighted by atomic mass is 10.0. The summed E-state index contributed by atoms with van der Waals surface area (Å²) >= 11 is 5.76. The first-order valence-corrected chi connectivity index (χ1v) is 12.3. The number of nitrogens with zero attached hydrogens (tertiary/aromatic N) is 3. The van der Waals surface area contributed by atoms with Crippen LogP contribution in [0.2, 0.25) is 0 Å². The standard InChI is InChI=1S/C22H25N5O2S2/c1-4-26-13-7-9-19(26)21-20(18-8-5-6-12-23-18)24-22(30)27(21)16-10-11-17(15(2)14-16)25-31(3,28)29/h5-14,20-21,25H,4H2,1-3H3,(H,24,30). The van der Waals surface area contributed by atoms with E-state index in [1.165, 1.54) is 0 Å². The molecule has 31 heavy (non-hydrogen) atoms. The van der Waals surface area contributed by atoms with Gasteiger partial charge in [0.1, 0.15) is 6.04 Å². The smallest absolute Gasteiger partial charge is 0.229 e. The van der Waals surface area contributed by atoms with Crippen LogP contribution in [0.25, 0.3) is 0 Å². The van der Waals surface area contributed by atoms with E-state index in [-0.39, 0.29) is 12.1 Å². The van der Waals surface area contributed by atoms with Gasteiger partial charge < -0.3 is 14.8 Å². The van der Waals surface area contributed by atoms with E-state index in [2.05, 4.69) is 43.7 Å². The molecule has 2 atom stereocenters. The fourth-order valence-electron chi connectivity index (χ4n) is 4.03. The number of anilines is 2. The SMILES string of the molecule is CCn1cccc1C1C(c2ccccn2)NC(=S)N1c1ccc(NS(C)(=O)=O)c(C)c1. The molecule has 2 N–H and O–H groups in total. The zero-order valence-corrected chi connectivity index (χ0v) is 19.2. The maximum absolute atomic E-state index is 11.7. The van der Waals surface area contributed by atoms with Gasteiger partial charge >= 0.3 is 0 Å². The maximum Gasteiger partial charge on any atom is 0.229 e. The number of thiocarbonyl (C=S) groups is 1. The second-order valence-electron chi connectivity index (χ2n) is 7.59. The Hall–Kier alpha value is -2.91. The fraction of sp³-hybridized carbons (Fsp3) is 0.273. The first kappa shape index (κ1) is 21.3. The van der Waals surface area contributed by atoms with E-state index < -0.39 is 10.0 Å². The van der Waals surface area contributed by atoms with Gasteiger partial charge in [0.05, 0.1) is 23.7 Å². The average Bonchev–Trinajstić information content (AvgIpc) is 3.33. The highest BCUT2D eigenvalue weighted by Crippen LogP contribution is 2.42. The van der Waals surface area contributed by atoms with Crippen LogP contribution in [0.3, 0.4) is 0 Å². The summed E-state index contributed by atoms with van der Waals surface area (Å²) in [6, 6.07) is 15.4. The Labute approximate surface area is 188 Å². The Morgan fingerprint density at radius 3 is 2.65 bits per heavy atom. The number of nitrogens with one attached hydrogen (secondary N) is 2. The molecule has 7 nitrogen and oxygen atoms in total. The van der Waals surface area contributed by atoms with Crippen LogP contribution in [-0.2, 0) is 16.6 Å². The van der Waals surface area contributed by atoms with Crippen LogP contribution in [0.15, 0.2) is 60.9 Å². The van der Waals surface area contributed by atoms with Crippen LogP contribution in [0, 0.1) is 6.92 Å². The van der Waals surface area contributed by atoms with Gasteiger partial charge in [0, 0.05) is 30.3 Å². The molecule has 4 rings (SSSR count). The molecule has 0 amide bonds. The molecule has 0 saturated carbocycles. The summed E-state index contributed by atoms with van der Waals surface area (Å²) in [6.07, 6.45) is 5.00. The topological polar surface area (TPSA) is 79.3 Å². The van der Waals surface area contributed by atoms with Crippen molar-refractivity contribution >= 4 is 38.7 Å². The molecule has 0 bridgehead atoms. The lowest BCUT2D eigenvalue weighted by Crippen LogP contribution is -2.30. The lowest BCUT2D eigenvalue weighted by molar-refractivity contribution is 0.529. The van der Waals surface area contributed by atoms with E-state index >= 15 is 0 Å². The molecule has 1 aliphatic heterocycles. The predicted molar refractivity (Wildman–Crippen MR) is 128 cm³/mol. The Kier molecular flexibility index (Phi) is 5.72. The van der Waals surface area contributed by atoms with Crippen LogP contribution < -0.4 is 14.9 Å². The van der Waals surface area contributed by atoms with Crippen molar-refractivity contribution in [3.8, 4) is 0 Å². The Morgan fingerprint density at radius 1 is 1.19 bits per heavy atom. The molecule has 0 aliphatic carbocycles. The molecule has 9 heteroatoms. The Bertz CT molecular complexity index is 1210. The van der Waals surface area contributed by atoms with Crippen molar-refractivity contribution < 1.29 is 8.42 Å². The number of aromatic nitrogens is 2. The molecule has 3 heterocycles. The van der Waals surface area contributed by atoms with E-state index in [4.69, 9.17) is 12.2 Å². The van der Waals surface area contributed by atoms with Gasteiger partial charge in [0.15, 0.2) is 5.11 Å². The fourth-order valence-corrected chi connectivity index (χ4v) is 5.00. The van der Waals surface area contributed by atoms with Crippen molar-refractivity contribution in [1.82, 2.24) is 14.9 Å². The van der Waals surface area contributed by atoms with E-state index in [0.717, 1.165) is 35.4 Å². The van der Waals surface area contributed by atoms with Crippen LogP contribution >= 0.6 is 12.2 Å². The van der Waals surface area contributed by atoms with Gasteiger partial charge in [-0.05, 0) is 74.1 Å². The van der Waals surface area contributed by atoms with Crippen molar-refractivity contribution in [3.63, 3.8) is 0 Å². The summed E-state index contributed by atoms with van der Waals surface area (Å²) in [6.45, 7) is 4.83. The molecule has 0 spiro atoms. The molecular formula is C22H25N5O2S2. The molecular weight excluding hydrogens is 430 g/mol. The maximum atomic E-state index is 11.7. The zero-order chi connectivity index (χ0) is 22.2. The average molecular weight is 456 g/mol. The first-order chi connectivity index (χ1) is 14.8. The number of hydrogen-bond acceptors (Lipinski definition) is 4. The highest BCUT2D eigenvalue weighted by Gasteiger charge is 2.42. The van der Waals surface area contributed by atoms with Gasteiger partial charge in [-0.3, -0.25) is 9.71 Å². The molecule has 1 aliphatic rings. The zero-order valence-electron chi connectivity index (χ0n) is 17.6. The van der Waals surface area contributed by atoms with Crippen LogP contribution in [0.1, 0.15) is 36.0 Å². The van der Waals surface area contributed by atoms with Gasteiger partial charge in [-0.15, -0.1) is 0 Å².